The summed E-state index contributed by atoms with van der Waals surface area (Å²) in [4.78, 5) is 0. The van der Waals surface area contributed by atoms with E-state index in [1.165, 1.54) is 24.8 Å². The Morgan fingerprint density at radius 1 is 1.58 bits per heavy atom. The monoisotopic (exact) mass is 168 g/mol. The van der Waals surface area contributed by atoms with E-state index in [1.54, 1.807) is 0 Å². The molecule has 0 aromatic carbocycles. The maximum Gasteiger partial charge on any atom is 0.0431 e. The predicted octanol–water partition coefficient (Wildman–Crippen LogP) is 2.75. The van der Waals surface area contributed by atoms with E-state index in [4.69, 9.17) is 5.11 Å². The van der Waals surface area contributed by atoms with Crippen molar-refractivity contribution in [1.29, 1.82) is 0 Å². The van der Waals surface area contributed by atoms with Crippen molar-refractivity contribution in [3.05, 3.63) is 11.6 Å². The molecule has 0 saturated carbocycles. The van der Waals surface area contributed by atoms with Crippen molar-refractivity contribution in [2.75, 3.05) is 6.61 Å². The first-order chi connectivity index (χ1) is 5.74. The zero-order valence-electron chi connectivity index (χ0n) is 8.21. The lowest BCUT2D eigenvalue weighted by Crippen LogP contribution is -2.16. The molecule has 0 aromatic heterocycles. The number of allylic oxidation sites excluding steroid dienone is 2. The summed E-state index contributed by atoms with van der Waals surface area (Å²) in [5, 5.41) is 8.73. The van der Waals surface area contributed by atoms with Crippen molar-refractivity contribution in [3.63, 3.8) is 0 Å². The van der Waals surface area contributed by atoms with Gasteiger partial charge in [0, 0.05) is 6.61 Å². The molecule has 0 spiro atoms. The number of aliphatic hydroxyl groups is 1. The van der Waals surface area contributed by atoms with Crippen LogP contribution in [0.2, 0.25) is 0 Å². The van der Waals surface area contributed by atoms with Crippen molar-refractivity contribution in [1.82, 2.24) is 0 Å². The minimum Gasteiger partial charge on any atom is -0.396 e. The van der Waals surface area contributed by atoms with Gasteiger partial charge in [0.05, 0.1) is 0 Å². The third-order valence-corrected chi connectivity index (χ3v) is 2.96. The lowest BCUT2D eigenvalue weighted by molar-refractivity contribution is 0.245. The minimum absolute atomic E-state index is 0.353. The lowest BCUT2D eigenvalue weighted by atomic mass is 9.79. The largest absolute Gasteiger partial charge is 0.396 e. The van der Waals surface area contributed by atoms with Gasteiger partial charge < -0.3 is 5.11 Å². The molecule has 0 saturated heterocycles. The van der Waals surface area contributed by atoms with Crippen LogP contribution < -0.4 is 0 Å². The van der Waals surface area contributed by atoms with E-state index in [0.29, 0.717) is 6.61 Å². The molecule has 0 heterocycles. The summed E-state index contributed by atoms with van der Waals surface area (Å²) in [6.07, 6.45) is 7.02. The smallest absolute Gasteiger partial charge is 0.0431 e. The molecule has 1 nitrogen and oxygen atoms in total. The molecule has 0 aromatic rings. The maximum absolute atomic E-state index is 8.73. The van der Waals surface area contributed by atoms with E-state index < -0.39 is 0 Å². The van der Waals surface area contributed by atoms with Gasteiger partial charge in [-0.3, -0.25) is 0 Å². The maximum atomic E-state index is 8.73. The average molecular weight is 168 g/mol. The molecule has 2 atom stereocenters. The Kier molecular flexibility index (Phi) is 3.80. The molecule has 1 N–H and O–H groups in total. The summed E-state index contributed by atoms with van der Waals surface area (Å²) in [5.41, 5.74) is 1.54. The van der Waals surface area contributed by atoms with Gasteiger partial charge >= 0.3 is 0 Å². The van der Waals surface area contributed by atoms with E-state index in [-0.39, 0.29) is 0 Å². The predicted molar refractivity (Wildman–Crippen MR) is 52.0 cm³/mol. The molecule has 2 unspecified atom stereocenters. The Labute approximate surface area is 75.5 Å². The zero-order chi connectivity index (χ0) is 8.97. The van der Waals surface area contributed by atoms with Gasteiger partial charge in [0.25, 0.3) is 0 Å². The highest BCUT2D eigenvalue weighted by molar-refractivity contribution is 5.04. The normalized spacial score (nSPS) is 30.1. The SMILES string of the molecule is CC1=CCC(C)C(CCCO)C1. The third kappa shape index (κ3) is 2.63. The third-order valence-electron chi connectivity index (χ3n) is 2.96. The van der Waals surface area contributed by atoms with Gasteiger partial charge in [0.2, 0.25) is 0 Å². The summed E-state index contributed by atoms with van der Waals surface area (Å²) in [6.45, 7) is 4.90. The number of aliphatic hydroxyl groups excluding tert-OH is 1. The van der Waals surface area contributed by atoms with Gasteiger partial charge in [-0.1, -0.05) is 18.6 Å². The molecule has 1 rings (SSSR count). The van der Waals surface area contributed by atoms with Crippen LogP contribution in [0.3, 0.4) is 0 Å². The highest BCUT2D eigenvalue weighted by Crippen LogP contribution is 2.32. The summed E-state index contributed by atoms with van der Waals surface area (Å²) >= 11 is 0. The van der Waals surface area contributed by atoms with Crippen LogP contribution in [0.15, 0.2) is 11.6 Å². The van der Waals surface area contributed by atoms with E-state index in [2.05, 4.69) is 19.9 Å². The number of hydrogen-bond acceptors (Lipinski definition) is 1. The van der Waals surface area contributed by atoms with Crippen molar-refractivity contribution >= 4 is 0 Å². The van der Waals surface area contributed by atoms with Crippen LogP contribution in [0.25, 0.3) is 0 Å². The molecule has 1 aliphatic carbocycles. The van der Waals surface area contributed by atoms with Crippen LogP contribution in [-0.4, -0.2) is 11.7 Å². The van der Waals surface area contributed by atoms with Gasteiger partial charge in [-0.05, 0) is 44.4 Å². The molecule has 1 aliphatic rings. The quantitative estimate of drug-likeness (QED) is 0.642. The second-order valence-corrected chi connectivity index (χ2v) is 4.09. The van der Waals surface area contributed by atoms with Gasteiger partial charge in [0.15, 0.2) is 0 Å². The number of rotatable bonds is 3. The first kappa shape index (κ1) is 9.79. The van der Waals surface area contributed by atoms with E-state index >= 15 is 0 Å². The first-order valence-corrected chi connectivity index (χ1v) is 5.00. The van der Waals surface area contributed by atoms with Crippen molar-refractivity contribution in [2.24, 2.45) is 11.8 Å². The van der Waals surface area contributed by atoms with Crippen molar-refractivity contribution in [3.8, 4) is 0 Å². The van der Waals surface area contributed by atoms with Crippen LogP contribution in [0, 0.1) is 11.8 Å². The van der Waals surface area contributed by atoms with Crippen LogP contribution in [-0.2, 0) is 0 Å². The Morgan fingerprint density at radius 3 is 3.00 bits per heavy atom. The van der Waals surface area contributed by atoms with Gasteiger partial charge in [-0.25, -0.2) is 0 Å². The van der Waals surface area contributed by atoms with Gasteiger partial charge in [0.1, 0.15) is 0 Å². The summed E-state index contributed by atoms with van der Waals surface area (Å²) in [5.74, 6) is 1.64. The Balaban J connectivity index is 2.37. The van der Waals surface area contributed by atoms with Crippen molar-refractivity contribution in [2.45, 2.75) is 39.5 Å². The number of hydrogen-bond donors (Lipinski definition) is 1. The summed E-state index contributed by atoms with van der Waals surface area (Å²) in [6, 6.07) is 0. The summed E-state index contributed by atoms with van der Waals surface area (Å²) < 4.78 is 0. The van der Waals surface area contributed by atoms with Crippen LogP contribution in [0.5, 0.6) is 0 Å². The van der Waals surface area contributed by atoms with Crippen molar-refractivity contribution < 1.29 is 5.11 Å². The van der Waals surface area contributed by atoms with Gasteiger partial charge in [-0.2, -0.15) is 0 Å². The molecule has 12 heavy (non-hydrogen) atoms. The fourth-order valence-electron chi connectivity index (χ4n) is 2.02. The standard InChI is InChI=1S/C11H20O/c1-9-5-6-10(2)11(8-9)4-3-7-12/h5,10-12H,3-4,6-8H2,1-2H3. The topological polar surface area (TPSA) is 20.2 Å². The molecule has 0 fully saturated rings. The van der Waals surface area contributed by atoms with Crippen LogP contribution in [0.1, 0.15) is 39.5 Å². The highest BCUT2D eigenvalue weighted by Gasteiger charge is 2.19. The molecular weight excluding hydrogens is 148 g/mol. The zero-order valence-corrected chi connectivity index (χ0v) is 8.21. The van der Waals surface area contributed by atoms with Crippen LogP contribution in [0.4, 0.5) is 0 Å². The minimum atomic E-state index is 0.353. The van der Waals surface area contributed by atoms with E-state index in [0.717, 1.165) is 18.3 Å². The van der Waals surface area contributed by atoms with Gasteiger partial charge in [-0.15, -0.1) is 0 Å². The molecule has 0 amide bonds. The van der Waals surface area contributed by atoms with E-state index in [9.17, 15) is 0 Å². The average Bonchev–Trinajstić information content (AvgIpc) is 2.07. The Morgan fingerprint density at radius 2 is 2.33 bits per heavy atom. The molecule has 70 valence electrons. The second-order valence-electron chi connectivity index (χ2n) is 4.09. The molecule has 0 aliphatic heterocycles. The van der Waals surface area contributed by atoms with E-state index in [1.807, 2.05) is 0 Å². The second kappa shape index (κ2) is 4.66. The fourth-order valence-corrected chi connectivity index (χ4v) is 2.02. The molecule has 1 heteroatoms. The molecule has 0 radical (unpaired) electrons. The summed E-state index contributed by atoms with van der Waals surface area (Å²) in [7, 11) is 0. The first-order valence-electron chi connectivity index (χ1n) is 5.00. The molecule has 0 bridgehead atoms. The van der Waals surface area contributed by atoms with Crippen LogP contribution >= 0.6 is 0 Å². The highest BCUT2D eigenvalue weighted by atomic mass is 16.2. The Hall–Kier alpha value is -0.300. The molecular formula is C11H20O. The lowest BCUT2D eigenvalue weighted by Gasteiger charge is -2.27. The fraction of sp³-hybridized carbons (Fsp3) is 0.818. The Bertz CT molecular complexity index is 160.